The first kappa shape index (κ1) is 20.8. The summed E-state index contributed by atoms with van der Waals surface area (Å²) < 4.78 is 27.8. The van der Waals surface area contributed by atoms with Gasteiger partial charge in [-0.05, 0) is 76.1 Å². The normalized spacial score (nSPS) is 11.8. The lowest BCUT2D eigenvalue weighted by Gasteiger charge is -2.20. The second-order valence-electron chi connectivity index (χ2n) is 8.70. The molecule has 0 saturated heterocycles. The van der Waals surface area contributed by atoms with E-state index in [0.29, 0.717) is 5.88 Å². The van der Waals surface area contributed by atoms with E-state index >= 15 is 0 Å². The van der Waals surface area contributed by atoms with E-state index in [1.807, 2.05) is 75.5 Å². The van der Waals surface area contributed by atoms with Crippen LogP contribution in [0.5, 0.6) is 11.6 Å². The molecule has 0 atom stereocenters. The van der Waals surface area contributed by atoms with Gasteiger partial charge < -0.3 is 9.47 Å². The third-order valence-electron chi connectivity index (χ3n) is 4.58. The van der Waals surface area contributed by atoms with Crippen molar-refractivity contribution in [3.05, 3.63) is 66.9 Å². The number of hydrogen-bond acceptors (Lipinski definition) is 4. The summed E-state index contributed by atoms with van der Waals surface area (Å²) in [6.07, 6.45) is 5.45. The Morgan fingerprint density at radius 2 is 1.65 bits per heavy atom. The van der Waals surface area contributed by atoms with E-state index in [4.69, 9.17) is 9.47 Å². The lowest BCUT2D eigenvalue weighted by Crippen LogP contribution is -2.23. The number of ether oxygens (including phenoxy) is 2. The summed E-state index contributed by atoms with van der Waals surface area (Å²) in [6, 6.07) is 12.7. The predicted octanol–water partition coefficient (Wildman–Crippen LogP) is 6.17. The Morgan fingerprint density at radius 3 is 2.29 bits per heavy atom. The van der Waals surface area contributed by atoms with Crippen LogP contribution in [0.1, 0.15) is 34.6 Å². The van der Waals surface area contributed by atoms with Crippen molar-refractivity contribution in [2.24, 2.45) is 0 Å². The number of imidazole rings is 1. The van der Waals surface area contributed by atoms with Gasteiger partial charge in [0.25, 0.3) is 0 Å². The molecule has 0 aliphatic heterocycles. The molecule has 0 unspecified atom stereocenters. The van der Waals surface area contributed by atoms with Crippen LogP contribution in [-0.4, -0.2) is 26.1 Å². The SMILES string of the molecule is CC(C)Oc1ccc(-c2ccc3ncc(-c4ccc(OC(C)(C)C)nc4)n3c2)cc1F. The van der Waals surface area contributed by atoms with E-state index in [9.17, 15) is 4.39 Å². The van der Waals surface area contributed by atoms with E-state index in [-0.39, 0.29) is 23.3 Å². The van der Waals surface area contributed by atoms with E-state index in [2.05, 4.69) is 9.97 Å². The van der Waals surface area contributed by atoms with Crippen LogP contribution in [0.2, 0.25) is 0 Å². The molecular weight excluding hydrogens is 393 g/mol. The highest BCUT2D eigenvalue weighted by Crippen LogP contribution is 2.29. The monoisotopic (exact) mass is 419 g/mol. The van der Waals surface area contributed by atoms with Crippen LogP contribution < -0.4 is 9.47 Å². The first-order valence-electron chi connectivity index (χ1n) is 10.3. The molecule has 5 nitrogen and oxygen atoms in total. The lowest BCUT2D eigenvalue weighted by molar-refractivity contribution is 0.124. The molecule has 0 aliphatic carbocycles. The van der Waals surface area contributed by atoms with E-state index < -0.39 is 0 Å². The number of aromatic nitrogens is 3. The molecule has 0 fully saturated rings. The molecule has 0 radical (unpaired) electrons. The predicted molar refractivity (Wildman–Crippen MR) is 120 cm³/mol. The fourth-order valence-electron chi connectivity index (χ4n) is 3.30. The van der Waals surface area contributed by atoms with Gasteiger partial charge in [0.05, 0.1) is 18.0 Å². The molecule has 160 valence electrons. The van der Waals surface area contributed by atoms with Crippen molar-refractivity contribution in [3.63, 3.8) is 0 Å². The Morgan fingerprint density at radius 1 is 0.903 bits per heavy atom. The molecule has 4 aromatic rings. The Kier molecular flexibility index (Phi) is 5.39. The number of benzene rings is 1. The van der Waals surface area contributed by atoms with Gasteiger partial charge in [-0.1, -0.05) is 6.07 Å². The minimum atomic E-state index is -0.379. The number of nitrogens with zero attached hydrogens (tertiary/aromatic N) is 3. The lowest BCUT2D eigenvalue weighted by atomic mass is 10.1. The number of fused-ring (bicyclic) bond motifs is 1. The molecule has 4 rings (SSSR count). The van der Waals surface area contributed by atoms with Crippen LogP contribution in [0.3, 0.4) is 0 Å². The zero-order chi connectivity index (χ0) is 22.2. The summed E-state index contributed by atoms with van der Waals surface area (Å²) in [5.74, 6) is 0.451. The van der Waals surface area contributed by atoms with E-state index in [0.717, 1.165) is 28.0 Å². The Bertz CT molecular complexity index is 1210. The molecule has 0 saturated carbocycles. The fourth-order valence-corrected chi connectivity index (χ4v) is 3.30. The maximum atomic E-state index is 14.5. The Balaban J connectivity index is 1.68. The molecule has 0 aliphatic rings. The van der Waals surface area contributed by atoms with Gasteiger partial charge in [0.1, 0.15) is 11.2 Å². The third-order valence-corrected chi connectivity index (χ3v) is 4.58. The minimum absolute atomic E-state index is 0.0843. The topological polar surface area (TPSA) is 48.7 Å². The number of rotatable bonds is 5. The molecule has 0 amide bonds. The van der Waals surface area contributed by atoms with Crippen molar-refractivity contribution in [1.29, 1.82) is 0 Å². The standard InChI is InChI=1S/C25H26FN3O2/c1-16(2)30-22-9-6-17(12-20(22)26)19-7-10-23-27-14-21(29(23)15-19)18-8-11-24(28-13-18)31-25(3,4)5/h6-16H,1-5H3. The van der Waals surface area contributed by atoms with Crippen LogP contribution >= 0.6 is 0 Å². The van der Waals surface area contributed by atoms with Gasteiger partial charge in [0, 0.05) is 24.0 Å². The van der Waals surface area contributed by atoms with Crippen molar-refractivity contribution in [2.75, 3.05) is 0 Å². The smallest absolute Gasteiger partial charge is 0.213 e. The van der Waals surface area contributed by atoms with Crippen LogP contribution in [0.25, 0.3) is 28.0 Å². The largest absolute Gasteiger partial charge is 0.488 e. The van der Waals surface area contributed by atoms with Crippen molar-refractivity contribution in [1.82, 2.24) is 14.4 Å². The average molecular weight is 420 g/mol. The first-order valence-corrected chi connectivity index (χ1v) is 10.3. The van der Waals surface area contributed by atoms with Gasteiger partial charge in [-0.2, -0.15) is 0 Å². The van der Waals surface area contributed by atoms with E-state index in [1.165, 1.54) is 6.07 Å². The molecule has 0 N–H and O–H groups in total. The third kappa shape index (κ3) is 4.68. The molecular formula is C25H26FN3O2. The number of pyridine rings is 2. The zero-order valence-electron chi connectivity index (χ0n) is 18.4. The minimum Gasteiger partial charge on any atom is -0.488 e. The summed E-state index contributed by atoms with van der Waals surface area (Å²) in [5.41, 5.74) is 3.95. The van der Waals surface area contributed by atoms with E-state index in [1.54, 1.807) is 18.5 Å². The van der Waals surface area contributed by atoms with Crippen LogP contribution in [0.4, 0.5) is 4.39 Å². The van der Waals surface area contributed by atoms with Crippen LogP contribution in [-0.2, 0) is 0 Å². The highest BCUT2D eigenvalue weighted by molar-refractivity contribution is 5.69. The quantitative estimate of drug-likeness (QED) is 0.388. The number of halogens is 1. The second kappa shape index (κ2) is 8.02. The van der Waals surface area contributed by atoms with Crippen molar-refractivity contribution in [3.8, 4) is 34.0 Å². The van der Waals surface area contributed by atoms with Crippen LogP contribution in [0, 0.1) is 5.82 Å². The summed E-state index contributed by atoms with van der Waals surface area (Å²) >= 11 is 0. The van der Waals surface area contributed by atoms with Crippen LogP contribution in [0.15, 0.2) is 61.1 Å². The highest BCUT2D eigenvalue weighted by Gasteiger charge is 2.14. The van der Waals surface area contributed by atoms with Gasteiger partial charge in [-0.3, -0.25) is 4.40 Å². The highest BCUT2D eigenvalue weighted by atomic mass is 19.1. The summed E-state index contributed by atoms with van der Waals surface area (Å²) in [7, 11) is 0. The van der Waals surface area contributed by atoms with Crippen molar-refractivity contribution in [2.45, 2.75) is 46.3 Å². The molecule has 0 spiro atoms. The maximum Gasteiger partial charge on any atom is 0.213 e. The number of hydrogen-bond donors (Lipinski definition) is 0. The molecule has 3 aromatic heterocycles. The van der Waals surface area contributed by atoms with Crippen molar-refractivity contribution < 1.29 is 13.9 Å². The Labute approximate surface area is 181 Å². The maximum absolute atomic E-state index is 14.5. The molecule has 31 heavy (non-hydrogen) atoms. The molecule has 0 bridgehead atoms. The van der Waals surface area contributed by atoms with Gasteiger partial charge in [-0.25, -0.2) is 14.4 Å². The average Bonchev–Trinajstić information content (AvgIpc) is 3.12. The molecule has 6 heteroatoms. The Hall–Kier alpha value is -3.41. The summed E-state index contributed by atoms with van der Waals surface area (Å²) in [6.45, 7) is 9.70. The zero-order valence-corrected chi connectivity index (χ0v) is 18.4. The summed E-state index contributed by atoms with van der Waals surface area (Å²) in [4.78, 5) is 8.91. The first-order chi connectivity index (χ1) is 14.7. The van der Waals surface area contributed by atoms with Gasteiger partial charge in [0.2, 0.25) is 5.88 Å². The van der Waals surface area contributed by atoms with Gasteiger partial charge >= 0.3 is 0 Å². The van der Waals surface area contributed by atoms with Gasteiger partial charge in [0.15, 0.2) is 11.6 Å². The van der Waals surface area contributed by atoms with Crippen molar-refractivity contribution >= 4 is 5.65 Å². The molecule has 1 aromatic carbocycles. The second-order valence-corrected chi connectivity index (χ2v) is 8.70. The van der Waals surface area contributed by atoms with Gasteiger partial charge in [-0.15, -0.1) is 0 Å². The summed E-state index contributed by atoms with van der Waals surface area (Å²) in [5, 5.41) is 0. The fraction of sp³-hybridized carbons (Fsp3) is 0.280. The molecule has 3 heterocycles.